The van der Waals surface area contributed by atoms with E-state index in [1.54, 1.807) is 13.1 Å². The van der Waals surface area contributed by atoms with Crippen LogP contribution in [0.15, 0.2) is 53.5 Å². The minimum atomic E-state index is -0.259. The fourth-order valence-electron chi connectivity index (χ4n) is 2.63. The normalized spacial score (nSPS) is 13.2. The van der Waals surface area contributed by atoms with Crippen LogP contribution in [0.25, 0.3) is 0 Å². The van der Waals surface area contributed by atoms with Crippen LogP contribution in [0.5, 0.6) is 5.75 Å². The third-order valence-corrected chi connectivity index (χ3v) is 4.24. The van der Waals surface area contributed by atoms with E-state index in [2.05, 4.69) is 20.9 Å². The zero-order chi connectivity index (χ0) is 19.8. The molecule has 0 radical (unpaired) electrons. The summed E-state index contributed by atoms with van der Waals surface area (Å²) < 4.78 is 18.8. The molecule has 2 aromatic rings. The summed E-state index contributed by atoms with van der Waals surface area (Å²) in [4.78, 5) is 15.9. The minimum Gasteiger partial charge on any atom is -0.484 e. The highest BCUT2D eigenvalue weighted by Gasteiger charge is 2.23. The van der Waals surface area contributed by atoms with Crippen molar-refractivity contribution in [2.24, 2.45) is 4.99 Å². The third-order valence-electron chi connectivity index (χ3n) is 4.24. The Morgan fingerprint density at radius 2 is 1.76 bits per heavy atom. The van der Waals surface area contributed by atoms with Crippen LogP contribution in [0.3, 0.4) is 0 Å². The van der Waals surface area contributed by atoms with Crippen molar-refractivity contribution in [2.45, 2.75) is 32.0 Å². The van der Waals surface area contributed by atoms with Gasteiger partial charge in [0.1, 0.15) is 11.6 Å². The average molecular weight is 512 g/mol. The maximum atomic E-state index is 13.2. The Morgan fingerprint density at radius 1 is 1.10 bits per heavy atom. The van der Waals surface area contributed by atoms with Crippen LogP contribution in [-0.2, 0) is 17.9 Å². The predicted octanol–water partition coefficient (Wildman–Crippen LogP) is 2.97. The van der Waals surface area contributed by atoms with Crippen LogP contribution in [0.1, 0.15) is 24.0 Å². The minimum absolute atomic E-state index is 0. The monoisotopic (exact) mass is 512 g/mol. The Morgan fingerprint density at radius 3 is 2.38 bits per heavy atom. The number of carbonyl (C=O) groups excluding carboxylic acids is 1. The number of rotatable bonds is 8. The van der Waals surface area contributed by atoms with Gasteiger partial charge < -0.3 is 20.7 Å². The number of hydrogen-bond acceptors (Lipinski definition) is 3. The zero-order valence-electron chi connectivity index (χ0n) is 16.3. The number of nitrogens with zero attached hydrogens (tertiary/aromatic N) is 1. The van der Waals surface area contributed by atoms with E-state index in [0.717, 1.165) is 24.0 Å². The molecule has 156 valence electrons. The molecule has 1 amide bonds. The number of benzene rings is 2. The van der Waals surface area contributed by atoms with Crippen molar-refractivity contribution in [2.75, 3.05) is 13.7 Å². The van der Waals surface area contributed by atoms with E-state index in [9.17, 15) is 9.18 Å². The number of ether oxygens (including phenoxy) is 1. The van der Waals surface area contributed by atoms with E-state index < -0.39 is 0 Å². The Labute approximate surface area is 187 Å². The number of aliphatic imine (C=N–C) groups is 1. The highest BCUT2D eigenvalue weighted by molar-refractivity contribution is 14.0. The van der Waals surface area contributed by atoms with Gasteiger partial charge in [-0.3, -0.25) is 9.79 Å². The lowest BCUT2D eigenvalue weighted by Crippen LogP contribution is -2.36. The second-order valence-corrected chi connectivity index (χ2v) is 6.69. The molecular formula is C21H26FIN4O2. The molecule has 1 aliphatic carbocycles. The van der Waals surface area contributed by atoms with Crippen LogP contribution < -0.4 is 20.7 Å². The van der Waals surface area contributed by atoms with Crippen molar-refractivity contribution in [1.82, 2.24) is 16.0 Å². The molecule has 1 aliphatic rings. The first-order valence-corrected chi connectivity index (χ1v) is 9.32. The van der Waals surface area contributed by atoms with Gasteiger partial charge in [0.2, 0.25) is 0 Å². The molecule has 2 aromatic carbocycles. The van der Waals surface area contributed by atoms with Crippen molar-refractivity contribution < 1.29 is 13.9 Å². The first kappa shape index (κ1) is 22.9. The maximum absolute atomic E-state index is 13.2. The van der Waals surface area contributed by atoms with Gasteiger partial charge in [0, 0.05) is 26.2 Å². The fraction of sp³-hybridized carbons (Fsp3) is 0.333. The molecule has 0 spiro atoms. The number of amides is 1. The van der Waals surface area contributed by atoms with Gasteiger partial charge in [0.05, 0.1) is 0 Å². The number of carbonyl (C=O) groups is 1. The second kappa shape index (κ2) is 11.6. The molecule has 3 N–H and O–H groups in total. The predicted molar refractivity (Wildman–Crippen MR) is 122 cm³/mol. The number of halogens is 2. The van der Waals surface area contributed by atoms with Gasteiger partial charge in [-0.05, 0) is 48.2 Å². The summed E-state index contributed by atoms with van der Waals surface area (Å²) in [6.45, 7) is 1.02. The summed E-state index contributed by atoms with van der Waals surface area (Å²) in [7, 11) is 1.68. The van der Waals surface area contributed by atoms with Crippen molar-refractivity contribution in [1.29, 1.82) is 0 Å². The summed E-state index contributed by atoms with van der Waals surface area (Å²) in [6, 6.07) is 14.3. The smallest absolute Gasteiger partial charge is 0.258 e. The maximum Gasteiger partial charge on any atom is 0.258 e. The van der Waals surface area contributed by atoms with Crippen LogP contribution >= 0.6 is 24.0 Å². The quantitative estimate of drug-likeness (QED) is 0.289. The van der Waals surface area contributed by atoms with Crippen LogP contribution in [0, 0.1) is 5.82 Å². The highest BCUT2D eigenvalue weighted by Crippen LogP contribution is 2.18. The molecule has 0 aromatic heterocycles. The lowest BCUT2D eigenvalue weighted by Gasteiger charge is -2.13. The molecule has 8 heteroatoms. The van der Waals surface area contributed by atoms with Gasteiger partial charge in [0.25, 0.3) is 5.91 Å². The van der Waals surface area contributed by atoms with Gasteiger partial charge in [-0.2, -0.15) is 0 Å². The Kier molecular flexibility index (Phi) is 9.17. The second-order valence-electron chi connectivity index (χ2n) is 6.69. The standard InChI is InChI=1S/C21H25FN4O2.HI/c1-23-21(24-12-15-4-2-6-17(22)10-15)25-13-16-5-3-7-19(11-16)28-14-20(27)26-18-8-9-18;/h2-7,10-11,18H,8-9,12-14H2,1H3,(H,26,27)(H2,23,24,25);1H. The number of guanidine groups is 1. The molecule has 6 nitrogen and oxygen atoms in total. The van der Waals surface area contributed by atoms with Gasteiger partial charge in [-0.15, -0.1) is 24.0 Å². The summed E-state index contributed by atoms with van der Waals surface area (Å²) >= 11 is 0. The van der Waals surface area contributed by atoms with E-state index in [1.807, 2.05) is 30.3 Å². The van der Waals surface area contributed by atoms with Crippen LogP contribution in [-0.4, -0.2) is 31.6 Å². The molecule has 0 aliphatic heterocycles. The average Bonchev–Trinajstić information content (AvgIpc) is 3.51. The van der Waals surface area contributed by atoms with Crippen LogP contribution in [0.4, 0.5) is 4.39 Å². The third kappa shape index (κ3) is 8.26. The van der Waals surface area contributed by atoms with E-state index >= 15 is 0 Å². The molecule has 1 fully saturated rings. The molecule has 0 saturated heterocycles. The summed E-state index contributed by atoms with van der Waals surface area (Å²) in [5.74, 6) is 0.908. The highest BCUT2D eigenvalue weighted by atomic mass is 127. The van der Waals surface area contributed by atoms with Gasteiger partial charge >= 0.3 is 0 Å². The van der Waals surface area contributed by atoms with Crippen molar-refractivity contribution in [3.8, 4) is 5.75 Å². The molecule has 0 heterocycles. The summed E-state index contributed by atoms with van der Waals surface area (Å²) in [5.41, 5.74) is 1.83. The molecule has 3 rings (SSSR count). The van der Waals surface area contributed by atoms with Crippen molar-refractivity contribution in [3.05, 3.63) is 65.5 Å². The molecule has 1 saturated carbocycles. The SMILES string of the molecule is CN=C(NCc1cccc(F)c1)NCc1cccc(OCC(=O)NC2CC2)c1.I. The zero-order valence-corrected chi connectivity index (χ0v) is 18.6. The Bertz CT molecular complexity index is 843. The number of nitrogens with one attached hydrogen (secondary N) is 3. The molecule has 0 bridgehead atoms. The molecule has 0 atom stereocenters. The van der Waals surface area contributed by atoms with Crippen molar-refractivity contribution >= 4 is 35.8 Å². The molecular weight excluding hydrogens is 486 g/mol. The molecule has 0 unspecified atom stereocenters. The van der Waals surface area contributed by atoms with Crippen molar-refractivity contribution in [3.63, 3.8) is 0 Å². The van der Waals surface area contributed by atoms with E-state index in [4.69, 9.17) is 4.74 Å². The lowest BCUT2D eigenvalue weighted by atomic mass is 10.2. The largest absolute Gasteiger partial charge is 0.484 e. The lowest BCUT2D eigenvalue weighted by molar-refractivity contribution is -0.123. The van der Waals surface area contributed by atoms with Gasteiger partial charge in [-0.1, -0.05) is 24.3 Å². The van der Waals surface area contributed by atoms with E-state index in [1.165, 1.54) is 12.1 Å². The first-order chi connectivity index (χ1) is 13.6. The number of hydrogen-bond donors (Lipinski definition) is 3. The topological polar surface area (TPSA) is 74.8 Å². The van der Waals surface area contributed by atoms with Crippen LogP contribution in [0.2, 0.25) is 0 Å². The van der Waals surface area contributed by atoms with Gasteiger partial charge in [-0.25, -0.2) is 4.39 Å². The fourth-order valence-corrected chi connectivity index (χ4v) is 2.63. The molecule has 29 heavy (non-hydrogen) atoms. The van der Waals surface area contributed by atoms with E-state index in [-0.39, 0.29) is 42.3 Å². The van der Waals surface area contributed by atoms with Gasteiger partial charge in [0.15, 0.2) is 12.6 Å². The van der Waals surface area contributed by atoms with E-state index in [0.29, 0.717) is 30.8 Å². The summed E-state index contributed by atoms with van der Waals surface area (Å²) in [6.07, 6.45) is 2.11. The Hall–Kier alpha value is -2.36. The Balaban J connectivity index is 0.00000300. The first-order valence-electron chi connectivity index (χ1n) is 9.32. The summed E-state index contributed by atoms with van der Waals surface area (Å²) in [5, 5.41) is 9.25.